The Balaban J connectivity index is 2.03. The van der Waals surface area contributed by atoms with Gasteiger partial charge in [0, 0.05) is 0 Å². The van der Waals surface area contributed by atoms with Gasteiger partial charge in [-0.3, -0.25) is 4.79 Å². The molecule has 28 heavy (non-hydrogen) atoms. The number of hydrogen-bond acceptors (Lipinski definition) is 3. The summed E-state index contributed by atoms with van der Waals surface area (Å²) in [6.45, 7) is 6.20. The molecule has 3 aromatic carbocycles. The SMILES string of the molecule is Cc1ccc(Oc2ccccc2)c(C(=O)PCC(C)C)c1Oc1ccccc1. The normalized spacial score (nSPS) is 11.1. The van der Waals surface area contributed by atoms with E-state index in [9.17, 15) is 4.79 Å². The minimum atomic E-state index is 0.0641. The Bertz CT molecular complexity index is 921. The third-order valence-corrected chi connectivity index (χ3v) is 5.74. The molecule has 1 atom stereocenters. The molecular formula is C24H25O3P. The zero-order chi connectivity index (χ0) is 19.9. The van der Waals surface area contributed by atoms with E-state index in [1.165, 1.54) is 0 Å². The average Bonchev–Trinajstić information content (AvgIpc) is 2.70. The van der Waals surface area contributed by atoms with Crippen LogP contribution in [0.4, 0.5) is 0 Å². The molecule has 144 valence electrons. The average molecular weight is 392 g/mol. The summed E-state index contributed by atoms with van der Waals surface area (Å²) in [4.78, 5) is 13.2. The second kappa shape index (κ2) is 9.52. The first kappa shape index (κ1) is 20.1. The summed E-state index contributed by atoms with van der Waals surface area (Å²) >= 11 is 0. The quantitative estimate of drug-likeness (QED) is 0.385. The van der Waals surface area contributed by atoms with Gasteiger partial charge in [0.1, 0.15) is 28.6 Å². The Hall–Kier alpha value is -2.64. The summed E-state index contributed by atoms with van der Waals surface area (Å²) in [6, 6.07) is 22.8. The van der Waals surface area contributed by atoms with Crippen LogP contribution < -0.4 is 9.47 Å². The molecule has 0 saturated heterocycles. The van der Waals surface area contributed by atoms with Crippen LogP contribution in [0.3, 0.4) is 0 Å². The lowest BCUT2D eigenvalue weighted by atomic mass is 10.1. The number of ether oxygens (including phenoxy) is 2. The van der Waals surface area contributed by atoms with Gasteiger partial charge in [0.15, 0.2) is 5.52 Å². The maximum Gasteiger partial charge on any atom is 0.188 e. The summed E-state index contributed by atoms with van der Waals surface area (Å²) in [5.41, 5.74) is 1.49. The molecule has 0 amide bonds. The molecule has 4 heteroatoms. The highest BCUT2D eigenvalue weighted by atomic mass is 31.1. The fraction of sp³-hybridized carbons (Fsp3) is 0.208. The lowest BCUT2D eigenvalue weighted by Crippen LogP contribution is -2.04. The third-order valence-electron chi connectivity index (χ3n) is 4.15. The number of para-hydroxylation sites is 2. The lowest BCUT2D eigenvalue weighted by molar-refractivity contribution is 0.108. The summed E-state index contributed by atoms with van der Waals surface area (Å²) in [6.07, 6.45) is 0.850. The van der Waals surface area contributed by atoms with Gasteiger partial charge in [0.2, 0.25) is 0 Å². The number of carbonyl (C=O) groups excluding carboxylic acids is 1. The Kier molecular flexibility index (Phi) is 6.84. The molecule has 0 heterocycles. The van der Waals surface area contributed by atoms with Crippen LogP contribution in [0.5, 0.6) is 23.0 Å². The molecule has 3 nitrogen and oxygen atoms in total. The maximum absolute atomic E-state index is 13.2. The first-order valence-corrected chi connectivity index (χ1v) is 10.6. The van der Waals surface area contributed by atoms with Crippen molar-refractivity contribution in [3.05, 3.63) is 83.9 Å². The molecule has 0 radical (unpaired) electrons. The molecule has 0 bridgehead atoms. The number of carbonyl (C=O) groups is 1. The second-order valence-corrected chi connectivity index (χ2v) is 8.23. The molecule has 3 aromatic rings. The largest absolute Gasteiger partial charge is 0.456 e. The molecule has 0 saturated carbocycles. The molecular weight excluding hydrogens is 367 g/mol. The zero-order valence-electron chi connectivity index (χ0n) is 16.4. The monoisotopic (exact) mass is 392 g/mol. The van der Waals surface area contributed by atoms with Crippen LogP contribution in [0.25, 0.3) is 0 Å². The fourth-order valence-corrected chi connectivity index (χ4v) is 3.71. The van der Waals surface area contributed by atoms with Crippen molar-refractivity contribution in [1.29, 1.82) is 0 Å². The lowest BCUT2D eigenvalue weighted by Gasteiger charge is -2.18. The van der Waals surface area contributed by atoms with E-state index in [1.807, 2.05) is 79.7 Å². The van der Waals surface area contributed by atoms with Gasteiger partial charge in [-0.25, -0.2) is 0 Å². The minimum absolute atomic E-state index is 0.0641. The van der Waals surface area contributed by atoms with E-state index < -0.39 is 0 Å². The summed E-state index contributed by atoms with van der Waals surface area (Å²) in [5, 5.41) is 0. The summed E-state index contributed by atoms with van der Waals surface area (Å²) < 4.78 is 12.2. The van der Waals surface area contributed by atoms with Crippen molar-refractivity contribution in [3.8, 4) is 23.0 Å². The van der Waals surface area contributed by atoms with Crippen molar-refractivity contribution in [2.45, 2.75) is 20.8 Å². The van der Waals surface area contributed by atoms with Gasteiger partial charge >= 0.3 is 0 Å². The van der Waals surface area contributed by atoms with Crippen molar-refractivity contribution in [2.24, 2.45) is 5.92 Å². The Morgan fingerprint density at radius 2 is 1.43 bits per heavy atom. The molecule has 0 aliphatic heterocycles. The highest BCUT2D eigenvalue weighted by molar-refractivity contribution is 7.58. The maximum atomic E-state index is 13.2. The smallest absolute Gasteiger partial charge is 0.188 e. The predicted octanol–water partition coefficient (Wildman–Crippen LogP) is 7.05. The first-order chi connectivity index (χ1) is 13.5. The van der Waals surface area contributed by atoms with Crippen molar-refractivity contribution >= 4 is 14.1 Å². The number of hydrogen-bond donors (Lipinski definition) is 0. The number of benzene rings is 3. The van der Waals surface area contributed by atoms with E-state index in [1.54, 1.807) is 0 Å². The van der Waals surface area contributed by atoms with Crippen molar-refractivity contribution < 1.29 is 14.3 Å². The van der Waals surface area contributed by atoms with Crippen LogP contribution in [0.2, 0.25) is 0 Å². The molecule has 0 aliphatic carbocycles. The highest BCUT2D eigenvalue weighted by Gasteiger charge is 2.22. The third kappa shape index (κ3) is 5.21. The van der Waals surface area contributed by atoms with E-state index >= 15 is 0 Å². The van der Waals surface area contributed by atoms with Gasteiger partial charge in [-0.2, -0.15) is 0 Å². The number of rotatable bonds is 8. The van der Waals surface area contributed by atoms with Crippen LogP contribution in [-0.2, 0) is 0 Å². The van der Waals surface area contributed by atoms with Gasteiger partial charge in [0.05, 0.1) is 0 Å². The standard InChI is InChI=1S/C24H25O3P/c1-17(2)16-28-24(25)22-21(26-19-10-6-4-7-11-19)15-14-18(3)23(22)27-20-12-8-5-9-13-20/h4-15,17,28H,16H2,1-3H3. The Labute approximate surface area is 168 Å². The Morgan fingerprint density at radius 3 is 2.00 bits per heavy atom. The van der Waals surface area contributed by atoms with Gasteiger partial charge < -0.3 is 9.47 Å². The molecule has 1 unspecified atom stereocenters. The summed E-state index contributed by atoms with van der Waals surface area (Å²) in [7, 11) is 0.175. The molecule has 0 N–H and O–H groups in total. The van der Waals surface area contributed by atoms with Gasteiger partial charge in [0.25, 0.3) is 0 Å². The first-order valence-electron chi connectivity index (χ1n) is 9.42. The molecule has 0 aromatic heterocycles. The van der Waals surface area contributed by atoms with Crippen molar-refractivity contribution in [3.63, 3.8) is 0 Å². The number of aryl methyl sites for hydroxylation is 1. The van der Waals surface area contributed by atoms with E-state index in [-0.39, 0.29) is 14.1 Å². The topological polar surface area (TPSA) is 35.5 Å². The van der Waals surface area contributed by atoms with Gasteiger partial charge in [-0.1, -0.05) is 56.3 Å². The van der Waals surface area contributed by atoms with E-state index in [2.05, 4.69) is 13.8 Å². The van der Waals surface area contributed by atoms with E-state index in [0.717, 1.165) is 11.7 Å². The van der Waals surface area contributed by atoms with Crippen LogP contribution in [0, 0.1) is 12.8 Å². The van der Waals surface area contributed by atoms with E-state index in [4.69, 9.17) is 9.47 Å². The molecule has 0 fully saturated rings. The van der Waals surface area contributed by atoms with Crippen LogP contribution >= 0.6 is 8.58 Å². The van der Waals surface area contributed by atoms with Crippen LogP contribution in [-0.4, -0.2) is 11.7 Å². The summed E-state index contributed by atoms with van der Waals surface area (Å²) in [5.74, 6) is 2.95. The van der Waals surface area contributed by atoms with Crippen LogP contribution in [0.15, 0.2) is 72.8 Å². The fourth-order valence-electron chi connectivity index (χ4n) is 2.71. The van der Waals surface area contributed by atoms with E-state index in [0.29, 0.717) is 34.5 Å². The molecule has 0 aliphatic rings. The van der Waals surface area contributed by atoms with Gasteiger partial charge in [-0.15, -0.1) is 0 Å². The Morgan fingerprint density at radius 1 is 0.857 bits per heavy atom. The van der Waals surface area contributed by atoms with Crippen molar-refractivity contribution in [2.75, 3.05) is 6.16 Å². The second-order valence-electron chi connectivity index (χ2n) is 7.02. The minimum Gasteiger partial charge on any atom is -0.456 e. The van der Waals surface area contributed by atoms with Crippen LogP contribution in [0.1, 0.15) is 29.8 Å². The zero-order valence-corrected chi connectivity index (χ0v) is 17.4. The highest BCUT2D eigenvalue weighted by Crippen LogP contribution is 2.41. The van der Waals surface area contributed by atoms with Gasteiger partial charge in [-0.05, 0) is 63.5 Å². The molecule has 0 spiro atoms. The predicted molar refractivity (Wildman–Crippen MR) is 117 cm³/mol. The van der Waals surface area contributed by atoms with Crippen molar-refractivity contribution in [1.82, 2.24) is 0 Å². The molecule has 3 rings (SSSR count).